The molecule has 0 radical (unpaired) electrons. The summed E-state index contributed by atoms with van der Waals surface area (Å²) in [6.07, 6.45) is 4.39. The van der Waals surface area contributed by atoms with Crippen LogP contribution in [0.2, 0.25) is 0 Å². The van der Waals surface area contributed by atoms with Crippen molar-refractivity contribution in [2.45, 2.75) is 44.7 Å². The number of hydrogen-bond acceptors (Lipinski definition) is 3. The van der Waals surface area contributed by atoms with Crippen LogP contribution in [0.3, 0.4) is 0 Å². The van der Waals surface area contributed by atoms with Crippen molar-refractivity contribution in [2.75, 3.05) is 0 Å². The Morgan fingerprint density at radius 3 is 2.88 bits per heavy atom. The minimum absolute atomic E-state index is 0.0369. The van der Waals surface area contributed by atoms with Gasteiger partial charge in [0.05, 0.1) is 4.88 Å². The quantitative estimate of drug-likeness (QED) is 0.828. The number of aryl methyl sites for hydroxylation is 1. The van der Waals surface area contributed by atoms with Crippen molar-refractivity contribution in [3.05, 3.63) is 21.9 Å². The van der Waals surface area contributed by atoms with Crippen molar-refractivity contribution in [1.29, 1.82) is 0 Å². The zero-order valence-corrected chi connectivity index (χ0v) is 10.3. The Morgan fingerprint density at radius 2 is 2.25 bits per heavy atom. The molecule has 1 fully saturated rings. The standard InChI is InChI=1S/C12H18N2OS/c1-8-6-7-16-11(8)12(15)14-10-5-3-2-4-9(10)13/h6-7,9-10H,2-5,13H2,1H3,(H,14,15). The molecule has 2 unspecified atom stereocenters. The van der Waals surface area contributed by atoms with Gasteiger partial charge in [-0.1, -0.05) is 12.8 Å². The molecule has 1 saturated carbocycles. The Morgan fingerprint density at radius 1 is 1.50 bits per heavy atom. The van der Waals surface area contributed by atoms with Gasteiger partial charge in [-0.2, -0.15) is 0 Å². The molecular weight excluding hydrogens is 220 g/mol. The molecule has 1 aromatic rings. The van der Waals surface area contributed by atoms with E-state index < -0.39 is 0 Å². The summed E-state index contributed by atoms with van der Waals surface area (Å²) in [5, 5.41) is 5.01. The van der Waals surface area contributed by atoms with E-state index in [4.69, 9.17) is 5.73 Å². The molecule has 88 valence electrons. The summed E-state index contributed by atoms with van der Waals surface area (Å²) in [6.45, 7) is 1.96. The lowest BCUT2D eigenvalue weighted by molar-refractivity contribution is 0.0925. The number of carbonyl (C=O) groups excluding carboxylic acids is 1. The van der Waals surface area contributed by atoms with E-state index in [0.29, 0.717) is 0 Å². The zero-order chi connectivity index (χ0) is 11.5. The Kier molecular flexibility index (Phi) is 3.61. The molecular formula is C12H18N2OS. The highest BCUT2D eigenvalue weighted by Gasteiger charge is 2.24. The molecule has 3 N–H and O–H groups in total. The first-order valence-corrected chi connectivity index (χ1v) is 6.67. The fourth-order valence-corrected chi connectivity index (χ4v) is 3.01. The van der Waals surface area contributed by atoms with E-state index in [2.05, 4.69) is 5.32 Å². The van der Waals surface area contributed by atoms with Gasteiger partial charge in [-0.3, -0.25) is 4.79 Å². The van der Waals surface area contributed by atoms with Gasteiger partial charge in [0.2, 0.25) is 0 Å². The van der Waals surface area contributed by atoms with Crippen molar-refractivity contribution in [3.63, 3.8) is 0 Å². The molecule has 1 aliphatic rings. The number of amides is 1. The van der Waals surface area contributed by atoms with Crippen LogP contribution in [0, 0.1) is 6.92 Å². The van der Waals surface area contributed by atoms with Gasteiger partial charge in [-0.25, -0.2) is 0 Å². The molecule has 0 aromatic carbocycles. The number of nitrogens with one attached hydrogen (secondary N) is 1. The van der Waals surface area contributed by atoms with Crippen molar-refractivity contribution < 1.29 is 4.79 Å². The van der Waals surface area contributed by atoms with Gasteiger partial charge in [0.1, 0.15) is 0 Å². The van der Waals surface area contributed by atoms with Crippen molar-refractivity contribution in [1.82, 2.24) is 5.32 Å². The molecule has 4 heteroatoms. The highest BCUT2D eigenvalue weighted by molar-refractivity contribution is 7.12. The average molecular weight is 238 g/mol. The number of thiophene rings is 1. The lowest BCUT2D eigenvalue weighted by Crippen LogP contribution is -2.49. The van der Waals surface area contributed by atoms with Crippen LogP contribution >= 0.6 is 11.3 Å². The molecule has 1 aromatic heterocycles. The molecule has 1 aliphatic carbocycles. The lowest BCUT2D eigenvalue weighted by atomic mass is 9.91. The van der Waals surface area contributed by atoms with E-state index in [1.165, 1.54) is 24.2 Å². The van der Waals surface area contributed by atoms with Gasteiger partial charge in [0.25, 0.3) is 5.91 Å². The number of nitrogens with two attached hydrogens (primary N) is 1. The molecule has 0 spiro atoms. The fraction of sp³-hybridized carbons (Fsp3) is 0.583. The number of carbonyl (C=O) groups is 1. The highest BCUT2D eigenvalue weighted by Crippen LogP contribution is 2.19. The minimum Gasteiger partial charge on any atom is -0.347 e. The number of rotatable bonds is 2. The normalized spacial score (nSPS) is 25.4. The number of hydrogen-bond donors (Lipinski definition) is 2. The molecule has 0 saturated heterocycles. The lowest BCUT2D eigenvalue weighted by Gasteiger charge is -2.29. The first-order valence-electron chi connectivity index (χ1n) is 5.79. The molecule has 1 heterocycles. The third-order valence-corrected chi connectivity index (χ3v) is 4.22. The van der Waals surface area contributed by atoms with Crippen LogP contribution in [0.25, 0.3) is 0 Å². The van der Waals surface area contributed by atoms with E-state index in [1.54, 1.807) is 0 Å². The summed E-state index contributed by atoms with van der Waals surface area (Å²) < 4.78 is 0. The topological polar surface area (TPSA) is 55.1 Å². The highest BCUT2D eigenvalue weighted by atomic mass is 32.1. The van der Waals surface area contributed by atoms with E-state index in [0.717, 1.165) is 23.3 Å². The Labute approximate surface area is 100 Å². The predicted octanol–water partition coefficient (Wildman–Crippen LogP) is 2.06. The summed E-state index contributed by atoms with van der Waals surface area (Å²) in [5.41, 5.74) is 7.06. The molecule has 0 bridgehead atoms. The van der Waals surface area contributed by atoms with Crippen molar-refractivity contribution >= 4 is 17.2 Å². The van der Waals surface area contributed by atoms with E-state index in [1.807, 2.05) is 18.4 Å². The van der Waals surface area contributed by atoms with E-state index >= 15 is 0 Å². The van der Waals surface area contributed by atoms with Crippen LogP contribution < -0.4 is 11.1 Å². The monoisotopic (exact) mass is 238 g/mol. The summed E-state index contributed by atoms with van der Waals surface area (Å²) in [6, 6.07) is 2.25. The Hall–Kier alpha value is -0.870. The third-order valence-electron chi connectivity index (χ3n) is 3.20. The molecule has 1 amide bonds. The van der Waals surface area contributed by atoms with E-state index in [9.17, 15) is 4.79 Å². The van der Waals surface area contributed by atoms with Gasteiger partial charge in [0.15, 0.2) is 0 Å². The van der Waals surface area contributed by atoms with Crippen LogP contribution in [-0.2, 0) is 0 Å². The second kappa shape index (κ2) is 4.97. The van der Waals surface area contributed by atoms with Gasteiger partial charge in [0, 0.05) is 12.1 Å². The van der Waals surface area contributed by atoms with Crippen molar-refractivity contribution in [3.8, 4) is 0 Å². The summed E-state index contributed by atoms with van der Waals surface area (Å²) >= 11 is 1.49. The SMILES string of the molecule is Cc1ccsc1C(=O)NC1CCCCC1N. The maximum Gasteiger partial charge on any atom is 0.261 e. The smallest absolute Gasteiger partial charge is 0.261 e. The summed E-state index contributed by atoms with van der Waals surface area (Å²) in [5.74, 6) is 0.0369. The average Bonchev–Trinajstić information content (AvgIpc) is 2.68. The van der Waals surface area contributed by atoms with E-state index in [-0.39, 0.29) is 18.0 Å². The maximum atomic E-state index is 12.0. The van der Waals surface area contributed by atoms with Gasteiger partial charge >= 0.3 is 0 Å². The van der Waals surface area contributed by atoms with Gasteiger partial charge in [-0.05, 0) is 36.8 Å². The maximum absolute atomic E-state index is 12.0. The van der Waals surface area contributed by atoms with Crippen LogP contribution in [0.1, 0.15) is 40.9 Å². The molecule has 3 nitrogen and oxygen atoms in total. The zero-order valence-electron chi connectivity index (χ0n) is 9.53. The van der Waals surface area contributed by atoms with Crippen molar-refractivity contribution in [2.24, 2.45) is 5.73 Å². The van der Waals surface area contributed by atoms with Gasteiger partial charge < -0.3 is 11.1 Å². The van der Waals surface area contributed by atoms with Crippen LogP contribution in [0.4, 0.5) is 0 Å². The predicted molar refractivity (Wildman–Crippen MR) is 66.8 cm³/mol. The van der Waals surface area contributed by atoms with Gasteiger partial charge in [-0.15, -0.1) is 11.3 Å². The second-order valence-corrected chi connectivity index (χ2v) is 5.38. The molecule has 16 heavy (non-hydrogen) atoms. The summed E-state index contributed by atoms with van der Waals surface area (Å²) in [4.78, 5) is 12.8. The largest absolute Gasteiger partial charge is 0.347 e. The molecule has 2 atom stereocenters. The Bertz CT molecular complexity index is 375. The fourth-order valence-electron chi connectivity index (χ4n) is 2.18. The molecule has 0 aliphatic heterocycles. The second-order valence-electron chi connectivity index (χ2n) is 4.46. The molecule has 2 rings (SSSR count). The first kappa shape index (κ1) is 11.6. The van der Waals surface area contributed by atoms with Crippen LogP contribution in [0.15, 0.2) is 11.4 Å². The van der Waals surface area contributed by atoms with Crippen LogP contribution in [0.5, 0.6) is 0 Å². The first-order chi connectivity index (χ1) is 7.68. The minimum atomic E-state index is 0.0369. The summed E-state index contributed by atoms with van der Waals surface area (Å²) in [7, 11) is 0. The van der Waals surface area contributed by atoms with Crippen LogP contribution in [-0.4, -0.2) is 18.0 Å². The third kappa shape index (κ3) is 2.44. The Balaban J connectivity index is 1.99.